The molecule has 0 bridgehead atoms. The third-order valence-electron chi connectivity index (χ3n) is 5.42. The Labute approximate surface area is 183 Å². The van der Waals surface area contributed by atoms with Crippen LogP contribution in [0, 0.1) is 5.92 Å². The van der Waals surface area contributed by atoms with Crippen molar-refractivity contribution >= 4 is 29.9 Å². The van der Waals surface area contributed by atoms with Gasteiger partial charge in [0.15, 0.2) is 5.96 Å². The van der Waals surface area contributed by atoms with Crippen LogP contribution in [0.1, 0.15) is 45.2 Å². The molecule has 0 saturated carbocycles. The van der Waals surface area contributed by atoms with Crippen molar-refractivity contribution in [2.24, 2.45) is 10.9 Å². The minimum atomic E-state index is 0. The van der Waals surface area contributed by atoms with E-state index >= 15 is 0 Å². The fourth-order valence-electron chi connectivity index (χ4n) is 3.68. The number of aryl methyl sites for hydroxylation is 1. The van der Waals surface area contributed by atoms with Crippen molar-refractivity contribution in [2.45, 2.75) is 47.0 Å². The Morgan fingerprint density at radius 1 is 1.11 bits per heavy atom. The number of benzene rings is 1. The number of nitrogens with zero attached hydrogens (tertiary/aromatic N) is 3. The molecule has 1 aliphatic rings. The van der Waals surface area contributed by atoms with E-state index in [4.69, 9.17) is 4.99 Å². The maximum absolute atomic E-state index is 4.91. The summed E-state index contributed by atoms with van der Waals surface area (Å²) in [6.45, 7) is 16.4. The second-order valence-corrected chi connectivity index (χ2v) is 7.24. The Morgan fingerprint density at radius 2 is 1.78 bits per heavy atom. The van der Waals surface area contributed by atoms with E-state index in [-0.39, 0.29) is 24.0 Å². The predicted octanol–water partition coefficient (Wildman–Crippen LogP) is 4.04. The lowest BCUT2D eigenvalue weighted by molar-refractivity contribution is 0.255. The van der Waals surface area contributed by atoms with E-state index in [1.807, 2.05) is 0 Å². The summed E-state index contributed by atoms with van der Waals surface area (Å²) >= 11 is 0. The summed E-state index contributed by atoms with van der Waals surface area (Å²) in [7, 11) is 0. The van der Waals surface area contributed by atoms with Crippen LogP contribution in [0.15, 0.2) is 29.3 Å². The van der Waals surface area contributed by atoms with Crippen molar-refractivity contribution in [1.29, 1.82) is 0 Å². The number of guanidine groups is 1. The van der Waals surface area contributed by atoms with Gasteiger partial charge in [-0.15, -0.1) is 24.0 Å². The van der Waals surface area contributed by atoms with Gasteiger partial charge in [0.2, 0.25) is 0 Å². The van der Waals surface area contributed by atoms with E-state index in [9.17, 15) is 0 Å². The molecule has 1 N–H and O–H groups in total. The number of nitrogens with one attached hydrogen (secondary N) is 1. The number of rotatable bonds is 9. The molecule has 1 saturated heterocycles. The molecule has 1 heterocycles. The minimum Gasteiger partial charge on any atom is -0.357 e. The highest BCUT2D eigenvalue weighted by atomic mass is 127. The van der Waals surface area contributed by atoms with Gasteiger partial charge in [0.05, 0.1) is 0 Å². The van der Waals surface area contributed by atoms with Gasteiger partial charge >= 0.3 is 0 Å². The molecule has 2 rings (SSSR count). The molecule has 0 spiro atoms. The molecule has 0 aliphatic carbocycles. The highest BCUT2D eigenvalue weighted by molar-refractivity contribution is 14.0. The van der Waals surface area contributed by atoms with E-state index in [1.54, 1.807) is 0 Å². The fraction of sp³-hybridized carbons (Fsp3) is 0.682. The molecule has 1 fully saturated rings. The first-order valence-corrected chi connectivity index (χ1v) is 10.5. The number of likely N-dealkylation sites (tertiary alicyclic amines) is 1. The van der Waals surface area contributed by atoms with Crippen molar-refractivity contribution in [3.63, 3.8) is 0 Å². The Kier molecular flexibility index (Phi) is 12.0. The summed E-state index contributed by atoms with van der Waals surface area (Å²) in [6, 6.07) is 8.97. The summed E-state index contributed by atoms with van der Waals surface area (Å²) < 4.78 is 0. The Balaban J connectivity index is 0.00000364. The minimum absolute atomic E-state index is 0. The zero-order valence-corrected chi connectivity index (χ0v) is 20.0. The fourth-order valence-corrected chi connectivity index (χ4v) is 3.68. The number of halogens is 1. The molecule has 1 aliphatic heterocycles. The largest absolute Gasteiger partial charge is 0.357 e. The van der Waals surface area contributed by atoms with Crippen LogP contribution in [-0.4, -0.2) is 61.6 Å². The SMILES string of the molecule is CCNC(=NCCc1ccc(CC)cc1)N1CCC(CN(CC)CC)C1.I. The molecule has 4 nitrogen and oxygen atoms in total. The van der Waals surface area contributed by atoms with Gasteiger partial charge in [0.25, 0.3) is 0 Å². The number of hydrogen-bond donors (Lipinski definition) is 1. The van der Waals surface area contributed by atoms with Crippen LogP contribution in [0.4, 0.5) is 0 Å². The number of hydrogen-bond acceptors (Lipinski definition) is 2. The molecule has 154 valence electrons. The molecule has 0 radical (unpaired) electrons. The molecule has 1 unspecified atom stereocenters. The van der Waals surface area contributed by atoms with Crippen LogP contribution in [0.25, 0.3) is 0 Å². The van der Waals surface area contributed by atoms with Crippen LogP contribution in [-0.2, 0) is 12.8 Å². The van der Waals surface area contributed by atoms with E-state index in [0.717, 1.165) is 64.0 Å². The third kappa shape index (κ3) is 7.98. The zero-order valence-electron chi connectivity index (χ0n) is 17.7. The van der Waals surface area contributed by atoms with Crippen molar-refractivity contribution < 1.29 is 0 Å². The summed E-state index contributed by atoms with van der Waals surface area (Å²) in [6.07, 6.45) is 3.39. The third-order valence-corrected chi connectivity index (χ3v) is 5.42. The average molecular weight is 486 g/mol. The molecular formula is C22H39IN4. The van der Waals surface area contributed by atoms with Gasteiger partial charge in [0, 0.05) is 32.7 Å². The summed E-state index contributed by atoms with van der Waals surface area (Å²) in [4.78, 5) is 9.90. The Morgan fingerprint density at radius 3 is 2.37 bits per heavy atom. The molecule has 1 aromatic carbocycles. The molecule has 1 atom stereocenters. The monoisotopic (exact) mass is 486 g/mol. The lowest BCUT2D eigenvalue weighted by atomic mass is 10.1. The highest BCUT2D eigenvalue weighted by Gasteiger charge is 2.25. The van der Waals surface area contributed by atoms with E-state index in [1.165, 1.54) is 24.1 Å². The molecule has 1 aromatic rings. The van der Waals surface area contributed by atoms with Gasteiger partial charge in [-0.2, -0.15) is 0 Å². The van der Waals surface area contributed by atoms with Crippen LogP contribution < -0.4 is 5.32 Å². The van der Waals surface area contributed by atoms with E-state index < -0.39 is 0 Å². The maximum Gasteiger partial charge on any atom is 0.193 e. The normalized spacial score (nSPS) is 17.3. The smallest absolute Gasteiger partial charge is 0.193 e. The van der Waals surface area contributed by atoms with Crippen molar-refractivity contribution in [3.8, 4) is 0 Å². The lowest BCUT2D eigenvalue weighted by Gasteiger charge is -2.24. The van der Waals surface area contributed by atoms with Crippen LogP contribution in [0.3, 0.4) is 0 Å². The van der Waals surface area contributed by atoms with Crippen LogP contribution in [0.5, 0.6) is 0 Å². The Hall–Kier alpha value is -0.820. The van der Waals surface area contributed by atoms with Gasteiger partial charge < -0.3 is 15.1 Å². The van der Waals surface area contributed by atoms with Gasteiger partial charge in [-0.05, 0) is 56.3 Å². The van der Waals surface area contributed by atoms with E-state index in [2.05, 4.69) is 67.1 Å². The van der Waals surface area contributed by atoms with Gasteiger partial charge in [-0.3, -0.25) is 4.99 Å². The highest BCUT2D eigenvalue weighted by Crippen LogP contribution is 2.17. The van der Waals surface area contributed by atoms with Gasteiger partial charge in [-0.25, -0.2) is 0 Å². The second kappa shape index (κ2) is 13.4. The first-order chi connectivity index (χ1) is 12.7. The average Bonchev–Trinajstić information content (AvgIpc) is 3.14. The predicted molar refractivity (Wildman–Crippen MR) is 128 cm³/mol. The molecule has 27 heavy (non-hydrogen) atoms. The summed E-state index contributed by atoms with van der Waals surface area (Å²) in [5.41, 5.74) is 2.78. The van der Waals surface area contributed by atoms with Crippen molar-refractivity contribution in [1.82, 2.24) is 15.1 Å². The molecule has 0 amide bonds. The van der Waals surface area contributed by atoms with Crippen LogP contribution in [0.2, 0.25) is 0 Å². The first-order valence-electron chi connectivity index (χ1n) is 10.5. The van der Waals surface area contributed by atoms with Crippen molar-refractivity contribution in [2.75, 3.05) is 45.8 Å². The number of aliphatic imine (C=N–C) groups is 1. The zero-order chi connectivity index (χ0) is 18.8. The molecule has 5 heteroatoms. The van der Waals surface area contributed by atoms with E-state index in [0.29, 0.717) is 0 Å². The maximum atomic E-state index is 4.91. The molecular weight excluding hydrogens is 447 g/mol. The van der Waals surface area contributed by atoms with Crippen LogP contribution >= 0.6 is 24.0 Å². The topological polar surface area (TPSA) is 30.9 Å². The second-order valence-electron chi connectivity index (χ2n) is 7.24. The van der Waals surface area contributed by atoms with Gasteiger partial charge in [0.1, 0.15) is 0 Å². The van der Waals surface area contributed by atoms with Gasteiger partial charge in [-0.1, -0.05) is 45.0 Å². The Bertz CT molecular complexity index is 540. The lowest BCUT2D eigenvalue weighted by Crippen LogP contribution is -2.41. The standard InChI is InChI=1S/C22H38N4.HI/c1-5-19-9-11-20(12-10-19)13-15-24-22(23-6-2)26-16-14-21(18-26)17-25(7-3)8-4;/h9-12,21H,5-8,13-18H2,1-4H3,(H,23,24);1H. The van der Waals surface area contributed by atoms with Crippen molar-refractivity contribution in [3.05, 3.63) is 35.4 Å². The molecule has 0 aromatic heterocycles. The first kappa shape index (κ1) is 24.2. The quantitative estimate of drug-likeness (QED) is 0.325. The summed E-state index contributed by atoms with van der Waals surface area (Å²) in [5.74, 6) is 1.86. The summed E-state index contributed by atoms with van der Waals surface area (Å²) in [5, 5.41) is 3.49.